The Hall–Kier alpha value is -2.66. The minimum absolute atomic E-state index is 0.107. The van der Waals surface area contributed by atoms with Gasteiger partial charge in [0.05, 0.1) is 24.4 Å². The molecule has 0 aromatic heterocycles. The van der Waals surface area contributed by atoms with Crippen LogP contribution in [0.1, 0.15) is 36.7 Å². The Balaban J connectivity index is 1.97. The van der Waals surface area contributed by atoms with Gasteiger partial charge in [-0.15, -0.1) is 0 Å². The number of anilines is 2. The maximum absolute atomic E-state index is 13.1. The Morgan fingerprint density at radius 2 is 2.00 bits per heavy atom. The Kier molecular flexibility index (Phi) is 5.84. The van der Waals surface area contributed by atoms with E-state index in [0.717, 1.165) is 16.8 Å². The van der Waals surface area contributed by atoms with Crippen LogP contribution in [0, 0.1) is 5.92 Å². The van der Waals surface area contributed by atoms with E-state index in [9.17, 15) is 4.79 Å². The number of rotatable bonds is 5. The molecule has 1 amide bonds. The second-order valence-corrected chi connectivity index (χ2v) is 7.35. The van der Waals surface area contributed by atoms with Gasteiger partial charge in [0, 0.05) is 35.5 Å². The number of hydroxylamine groups is 1. The van der Waals surface area contributed by atoms with Gasteiger partial charge in [0.1, 0.15) is 12.0 Å². The average Bonchev–Trinajstić information content (AvgIpc) is 2.71. The zero-order valence-electron chi connectivity index (χ0n) is 16.8. The van der Waals surface area contributed by atoms with E-state index in [-0.39, 0.29) is 11.8 Å². The molecule has 5 nitrogen and oxygen atoms in total. The first-order valence-corrected chi connectivity index (χ1v) is 9.65. The normalized spacial score (nSPS) is 13.0. The van der Waals surface area contributed by atoms with Gasteiger partial charge in [-0.25, -0.2) is 5.06 Å². The number of allylic oxidation sites excluding steroid dienone is 1. The first-order chi connectivity index (χ1) is 13.4. The highest BCUT2D eigenvalue weighted by Gasteiger charge is 2.24. The predicted molar refractivity (Wildman–Crippen MR) is 114 cm³/mol. The van der Waals surface area contributed by atoms with Crippen molar-refractivity contribution in [2.75, 3.05) is 30.7 Å². The summed E-state index contributed by atoms with van der Waals surface area (Å²) in [7, 11) is 3.29. The minimum Gasteiger partial charge on any atom is -0.495 e. The summed E-state index contributed by atoms with van der Waals surface area (Å²) in [6.45, 7) is 6.97. The summed E-state index contributed by atoms with van der Waals surface area (Å²) in [4.78, 5) is 20.5. The number of carbonyl (C=O) groups excluding carboxylic acids is 1. The molecule has 6 heteroatoms. The van der Waals surface area contributed by atoms with Crippen LogP contribution in [0.25, 0.3) is 5.57 Å². The van der Waals surface area contributed by atoms with E-state index < -0.39 is 0 Å². The van der Waals surface area contributed by atoms with Gasteiger partial charge in [-0.05, 0) is 43.2 Å². The monoisotopic (exact) mass is 400 g/mol. The summed E-state index contributed by atoms with van der Waals surface area (Å²) >= 11 is 6.10. The number of carbonyl (C=O) groups is 1. The maximum atomic E-state index is 13.1. The van der Waals surface area contributed by atoms with E-state index >= 15 is 0 Å². The topological polar surface area (TPSA) is 42.0 Å². The smallest absolute Gasteiger partial charge is 0.258 e. The molecule has 3 rings (SSSR count). The highest BCUT2D eigenvalue weighted by molar-refractivity contribution is 6.32. The molecule has 1 aliphatic heterocycles. The van der Waals surface area contributed by atoms with Gasteiger partial charge in [0.15, 0.2) is 0 Å². The molecule has 2 aromatic rings. The van der Waals surface area contributed by atoms with Crippen LogP contribution in [0.4, 0.5) is 11.4 Å². The first-order valence-electron chi connectivity index (χ1n) is 9.27. The summed E-state index contributed by atoms with van der Waals surface area (Å²) in [6, 6.07) is 11.0. The van der Waals surface area contributed by atoms with Gasteiger partial charge < -0.3 is 14.5 Å². The van der Waals surface area contributed by atoms with Crippen molar-refractivity contribution in [3.8, 4) is 5.75 Å². The van der Waals surface area contributed by atoms with Crippen LogP contribution in [0.15, 0.2) is 42.7 Å². The lowest BCUT2D eigenvalue weighted by Gasteiger charge is -2.30. The van der Waals surface area contributed by atoms with Gasteiger partial charge >= 0.3 is 0 Å². The summed E-state index contributed by atoms with van der Waals surface area (Å²) in [5.41, 5.74) is 4.39. The van der Waals surface area contributed by atoms with Crippen LogP contribution in [-0.4, -0.2) is 26.6 Å². The van der Waals surface area contributed by atoms with Crippen LogP contribution in [0.5, 0.6) is 5.75 Å². The summed E-state index contributed by atoms with van der Waals surface area (Å²) in [6.07, 6.45) is 1.78. The molecule has 0 unspecified atom stereocenters. The number of ether oxygens (including phenoxy) is 1. The molecular formula is C22H25ClN2O3. The molecule has 28 heavy (non-hydrogen) atoms. The van der Waals surface area contributed by atoms with Gasteiger partial charge in [-0.2, -0.15) is 0 Å². The second-order valence-electron chi connectivity index (χ2n) is 6.94. The molecule has 0 saturated heterocycles. The first kappa shape index (κ1) is 20.1. The fourth-order valence-corrected chi connectivity index (χ4v) is 3.41. The lowest BCUT2D eigenvalue weighted by Crippen LogP contribution is -2.28. The lowest BCUT2D eigenvalue weighted by molar-refractivity contribution is 0.0993. The van der Waals surface area contributed by atoms with Gasteiger partial charge in [-0.1, -0.05) is 25.4 Å². The molecule has 0 saturated carbocycles. The Morgan fingerprint density at radius 3 is 2.64 bits per heavy atom. The van der Waals surface area contributed by atoms with Crippen molar-refractivity contribution in [3.05, 3.63) is 58.8 Å². The fraction of sp³-hybridized carbons (Fsp3) is 0.318. The van der Waals surface area contributed by atoms with Gasteiger partial charge in [-0.3, -0.25) is 4.79 Å². The summed E-state index contributed by atoms with van der Waals surface area (Å²) in [5.74, 6) is 0.705. The zero-order chi connectivity index (χ0) is 20.4. The van der Waals surface area contributed by atoms with Crippen molar-refractivity contribution >= 4 is 34.5 Å². The second kappa shape index (κ2) is 8.15. The van der Waals surface area contributed by atoms with Crippen molar-refractivity contribution in [2.45, 2.75) is 20.8 Å². The number of fused-ring (bicyclic) bond motifs is 1. The Bertz CT molecular complexity index is 924. The van der Waals surface area contributed by atoms with Crippen molar-refractivity contribution in [1.29, 1.82) is 0 Å². The van der Waals surface area contributed by atoms with Crippen LogP contribution in [0.3, 0.4) is 0 Å². The van der Waals surface area contributed by atoms with Crippen molar-refractivity contribution < 1.29 is 14.4 Å². The quantitative estimate of drug-likeness (QED) is 0.674. The van der Waals surface area contributed by atoms with Crippen LogP contribution in [0.2, 0.25) is 5.02 Å². The molecular weight excluding hydrogens is 376 g/mol. The van der Waals surface area contributed by atoms with E-state index in [1.807, 2.05) is 30.2 Å². The molecule has 0 atom stereocenters. The van der Waals surface area contributed by atoms with E-state index in [2.05, 4.69) is 13.8 Å². The lowest BCUT2D eigenvalue weighted by atomic mass is 9.92. The average molecular weight is 401 g/mol. The largest absolute Gasteiger partial charge is 0.495 e. The van der Waals surface area contributed by atoms with Crippen LogP contribution in [-0.2, 0) is 4.84 Å². The summed E-state index contributed by atoms with van der Waals surface area (Å²) in [5, 5.41) is 2.33. The van der Waals surface area contributed by atoms with Crippen molar-refractivity contribution in [2.24, 2.45) is 5.92 Å². The molecule has 0 radical (unpaired) electrons. The number of hydrogen-bond donors (Lipinski definition) is 0. The van der Waals surface area contributed by atoms with Crippen LogP contribution >= 0.6 is 11.6 Å². The Labute approximate surface area is 171 Å². The number of benzene rings is 2. The zero-order valence-corrected chi connectivity index (χ0v) is 17.6. The number of hydrogen-bond acceptors (Lipinski definition) is 4. The Morgan fingerprint density at radius 1 is 1.25 bits per heavy atom. The maximum Gasteiger partial charge on any atom is 0.258 e. The SMILES string of the molecule is CCN1OC=C(C(C)C)c2cc(C(=O)N(C)c3ccc(Cl)c(OC)c3)ccc21. The van der Waals surface area contributed by atoms with Gasteiger partial charge in [0.25, 0.3) is 5.91 Å². The molecule has 0 N–H and O–H groups in total. The molecule has 0 spiro atoms. The van der Waals surface area contributed by atoms with E-state index in [4.69, 9.17) is 21.2 Å². The van der Waals surface area contributed by atoms with Gasteiger partial charge in [0.2, 0.25) is 0 Å². The highest BCUT2D eigenvalue weighted by Crippen LogP contribution is 2.37. The number of amides is 1. The standard InChI is InChI=1S/C22H25ClN2O3/c1-6-25-20-10-7-15(11-17(20)18(13-28-25)14(2)3)22(26)24(4)16-8-9-19(23)21(12-16)27-5/h7-14H,6H2,1-5H3. The molecule has 0 bridgehead atoms. The van der Waals surface area contributed by atoms with E-state index in [1.165, 1.54) is 0 Å². The summed E-state index contributed by atoms with van der Waals surface area (Å²) < 4.78 is 5.26. The third-order valence-electron chi connectivity index (χ3n) is 4.87. The fourth-order valence-electron chi connectivity index (χ4n) is 3.22. The molecule has 148 valence electrons. The molecule has 0 fully saturated rings. The minimum atomic E-state index is -0.107. The van der Waals surface area contributed by atoms with E-state index in [0.29, 0.717) is 28.6 Å². The third-order valence-corrected chi connectivity index (χ3v) is 5.18. The number of methoxy groups -OCH3 is 1. The van der Waals surface area contributed by atoms with E-state index in [1.54, 1.807) is 43.5 Å². The molecule has 1 aliphatic rings. The molecule has 1 heterocycles. The number of halogens is 1. The molecule has 0 aliphatic carbocycles. The third kappa shape index (κ3) is 3.67. The predicted octanol–water partition coefficient (Wildman–Crippen LogP) is 5.39. The molecule has 2 aromatic carbocycles. The van der Waals surface area contributed by atoms with Crippen molar-refractivity contribution in [1.82, 2.24) is 0 Å². The highest BCUT2D eigenvalue weighted by atomic mass is 35.5. The number of nitrogens with zero attached hydrogens (tertiary/aromatic N) is 2. The van der Waals surface area contributed by atoms with Crippen molar-refractivity contribution in [3.63, 3.8) is 0 Å². The van der Waals surface area contributed by atoms with Crippen LogP contribution < -0.4 is 14.7 Å².